The predicted octanol–water partition coefficient (Wildman–Crippen LogP) is 4.06. The minimum Gasteiger partial charge on any atom is -0.495 e. The summed E-state index contributed by atoms with van der Waals surface area (Å²) in [6.45, 7) is 5.80. The van der Waals surface area contributed by atoms with Crippen molar-refractivity contribution in [3.63, 3.8) is 0 Å². The van der Waals surface area contributed by atoms with Crippen molar-refractivity contribution in [2.45, 2.75) is 26.2 Å². The van der Waals surface area contributed by atoms with E-state index < -0.39 is 22.5 Å². The lowest BCUT2D eigenvalue weighted by Crippen LogP contribution is -2.37. The van der Waals surface area contributed by atoms with Crippen LogP contribution in [0.25, 0.3) is 0 Å². The van der Waals surface area contributed by atoms with Crippen molar-refractivity contribution in [2.24, 2.45) is 0 Å². The maximum Gasteiger partial charge on any atom is 0.245 e. The molecule has 164 valence electrons. The smallest absolute Gasteiger partial charge is 0.245 e. The third kappa shape index (κ3) is 5.79. The maximum absolute atomic E-state index is 12.7. The van der Waals surface area contributed by atoms with Gasteiger partial charge in [0.25, 0.3) is 0 Å². The van der Waals surface area contributed by atoms with Gasteiger partial charge in [-0.05, 0) is 23.1 Å². The Labute approximate surface area is 183 Å². The van der Waals surface area contributed by atoms with Crippen LogP contribution in [-0.4, -0.2) is 41.3 Å². The van der Waals surface area contributed by atoms with Gasteiger partial charge in [-0.25, -0.2) is 8.42 Å². The van der Waals surface area contributed by atoms with E-state index in [0.29, 0.717) is 27.9 Å². The number of carbonyl (C=O) groups excluding carboxylic acids is 1. The average Bonchev–Trinajstić information content (AvgIpc) is 2.65. The molecule has 0 unspecified atom stereocenters. The van der Waals surface area contributed by atoms with Gasteiger partial charge in [0, 0.05) is 12.1 Å². The van der Waals surface area contributed by atoms with Crippen LogP contribution >= 0.6 is 11.6 Å². The molecule has 9 heteroatoms. The van der Waals surface area contributed by atoms with Gasteiger partial charge in [-0.2, -0.15) is 0 Å². The van der Waals surface area contributed by atoms with Gasteiger partial charge in [0.2, 0.25) is 15.9 Å². The van der Waals surface area contributed by atoms with Crippen LogP contribution in [0.1, 0.15) is 26.3 Å². The van der Waals surface area contributed by atoms with Gasteiger partial charge in [-0.3, -0.25) is 9.10 Å². The molecular formula is C21H27ClN2O5S. The molecule has 0 atom stereocenters. The number of amides is 1. The van der Waals surface area contributed by atoms with Gasteiger partial charge in [0.1, 0.15) is 18.0 Å². The largest absolute Gasteiger partial charge is 0.495 e. The number of halogens is 1. The molecule has 0 aliphatic heterocycles. The molecule has 0 aliphatic rings. The van der Waals surface area contributed by atoms with Crippen LogP contribution in [0.3, 0.4) is 0 Å². The van der Waals surface area contributed by atoms with Crippen molar-refractivity contribution in [3.05, 3.63) is 47.0 Å². The molecule has 1 amide bonds. The van der Waals surface area contributed by atoms with Gasteiger partial charge < -0.3 is 14.8 Å². The molecule has 7 nitrogen and oxygen atoms in total. The van der Waals surface area contributed by atoms with E-state index in [1.807, 2.05) is 12.1 Å². The minimum atomic E-state index is -3.69. The molecule has 2 rings (SSSR count). The fourth-order valence-electron chi connectivity index (χ4n) is 2.81. The number of anilines is 2. The van der Waals surface area contributed by atoms with Crippen LogP contribution < -0.4 is 19.1 Å². The molecule has 2 aromatic carbocycles. The lowest BCUT2D eigenvalue weighted by atomic mass is 9.87. The fraction of sp³-hybridized carbons (Fsp3) is 0.381. The van der Waals surface area contributed by atoms with Crippen molar-refractivity contribution in [1.82, 2.24) is 0 Å². The minimum absolute atomic E-state index is 0.0734. The molecule has 1 N–H and O–H groups in total. The van der Waals surface area contributed by atoms with E-state index >= 15 is 0 Å². The average molecular weight is 455 g/mol. The number of hydrogen-bond acceptors (Lipinski definition) is 5. The first-order valence-corrected chi connectivity index (χ1v) is 11.4. The molecule has 0 saturated heterocycles. The topological polar surface area (TPSA) is 84.9 Å². The van der Waals surface area contributed by atoms with Crippen LogP contribution in [0.5, 0.6) is 11.5 Å². The Morgan fingerprint density at radius 3 is 2.10 bits per heavy atom. The SMILES string of the molecule is COc1cc(NC(=O)CN(c2ccc(C(C)(C)C)cc2)S(C)(=O)=O)c(OC)cc1Cl. The van der Waals surface area contributed by atoms with Crippen LogP contribution in [0.4, 0.5) is 11.4 Å². The molecule has 0 bridgehead atoms. The van der Waals surface area contributed by atoms with Crippen LogP contribution in [-0.2, 0) is 20.2 Å². The van der Waals surface area contributed by atoms with E-state index in [1.165, 1.54) is 26.4 Å². The molecule has 0 saturated carbocycles. The van der Waals surface area contributed by atoms with Gasteiger partial charge >= 0.3 is 0 Å². The number of nitrogens with zero attached hydrogens (tertiary/aromatic N) is 1. The van der Waals surface area contributed by atoms with E-state index in [0.717, 1.165) is 16.1 Å². The third-order valence-corrected chi connectivity index (χ3v) is 5.89. The predicted molar refractivity (Wildman–Crippen MR) is 121 cm³/mol. The number of hydrogen-bond donors (Lipinski definition) is 1. The molecular weight excluding hydrogens is 428 g/mol. The van der Waals surface area contributed by atoms with Crippen LogP contribution in [0.15, 0.2) is 36.4 Å². The molecule has 2 aromatic rings. The second-order valence-electron chi connectivity index (χ2n) is 7.80. The summed E-state index contributed by atoms with van der Waals surface area (Å²) in [5, 5.41) is 2.99. The lowest BCUT2D eigenvalue weighted by Gasteiger charge is -2.24. The molecule has 0 heterocycles. The molecule has 0 aromatic heterocycles. The number of ether oxygens (including phenoxy) is 2. The summed E-state index contributed by atoms with van der Waals surface area (Å²) in [5.41, 5.74) is 1.71. The zero-order chi connectivity index (χ0) is 22.7. The standard InChI is InChI=1S/C21H27ClN2O5S/c1-21(2,3)14-7-9-15(10-8-14)24(30(6,26)27)13-20(25)23-17-12-18(28-4)16(22)11-19(17)29-5/h7-12H,13H2,1-6H3,(H,23,25). The zero-order valence-electron chi connectivity index (χ0n) is 17.9. The van der Waals surface area contributed by atoms with Gasteiger partial charge in [0.15, 0.2) is 0 Å². The monoisotopic (exact) mass is 454 g/mol. The maximum atomic E-state index is 12.7. The molecule has 30 heavy (non-hydrogen) atoms. The van der Waals surface area contributed by atoms with Crippen molar-refractivity contribution < 1.29 is 22.7 Å². The van der Waals surface area contributed by atoms with Crippen molar-refractivity contribution in [1.29, 1.82) is 0 Å². The summed E-state index contributed by atoms with van der Waals surface area (Å²) in [5.74, 6) is 0.142. The Hall–Kier alpha value is -2.45. The quantitative estimate of drug-likeness (QED) is 0.681. The fourth-order valence-corrected chi connectivity index (χ4v) is 3.89. The summed E-state index contributed by atoms with van der Waals surface area (Å²) in [7, 11) is -0.805. The molecule has 0 spiro atoms. The Balaban J connectivity index is 2.29. The number of sulfonamides is 1. The lowest BCUT2D eigenvalue weighted by molar-refractivity contribution is -0.114. The highest BCUT2D eigenvalue weighted by molar-refractivity contribution is 7.92. The highest BCUT2D eigenvalue weighted by Gasteiger charge is 2.23. The summed E-state index contributed by atoms with van der Waals surface area (Å²) in [6, 6.07) is 10.1. The van der Waals surface area contributed by atoms with Crippen molar-refractivity contribution >= 4 is 38.9 Å². The number of methoxy groups -OCH3 is 2. The van der Waals surface area contributed by atoms with E-state index in [4.69, 9.17) is 21.1 Å². The Morgan fingerprint density at radius 1 is 1.07 bits per heavy atom. The third-order valence-electron chi connectivity index (χ3n) is 4.46. The number of nitrogens with one attached hydrogen (secondary N) is 1. The second-order valence-corrected chi connectivity index (χ2v) is 10.1. The zero-order valence-corrected chi connectivity index (χ0v) is 19.5. The number of rotatable bonds is 7. The summed E-state index contributed by atoms with van der Waals surface area (Å²) in [6.07, 6.45) is 1.06. The van der Waals surface area contributed by atoms with Crippen molar-refractivity contribution in [3.8, 4) is 11.5 Å². The Morgan fingerprint density at radius 2 is 1.63 bits per heavy atom. The Kier molecular flexibility index (Phi) is 7.26. The van der Waals surface area contributed by atoms with E-state index in [-0.39, 0.29) is 5.41 Å². The van der Waals surface area contributed by atoms with Crippen LogP contribution in [0.2, 0.25) is 5.02 Å². The van der Waals surface area contributed by atoms with E-state index in [9.17, 15) is 13.2 Å². The normalized spacial score (nSPS) is 11.7. The Bertz CT molecular complexity index is 1010. The highest BCUT2D eigenvalue weighted by atomic mass is 35.5. The summed E-state index contributed by atoms with van der Waals surface area (Å²) in [4.78, 5) is 12.7. The first-order valence-electron chi connectivity index (χ1n) is 9.16. The summed E-state index contributed by atoms with van der Waals surface area (Å²) < 4.78 is 36.2. The van der Waals surface area contributed by atoms with Crippen LogP contribution in [0, 0.1) is 0 Å². The summed E-state index contributed by atoms with van der Waals surface area (Å²) >= 11 is 6.08. The number of carbonyl (C=O) groups is 1. The van der Waals surface area contributed by atoms with E-state index in [1.54, 1.807) is 12.1 Å². The highest BCUT2D eigenvalue weighted by Crippen LogP contribution is 2.36. The number of benzene rings is 2. The molecule has 0 fully saturated rings. The van der Waals surface area contributed by atoms with Gasteiger partial charge in [0.05, 0.1) is 36.9 Å². The first kappa shape index (κ1) is 23.8. The second kappa shape index (κ2) is 9.14. The molecule has 0 radical (unpaired) electrons. The first-order chi connectivity index (χ1) is 13.9. The van der Waals surface area contributed by atoms with Gasteiger partial charge in [-0.15, -0.1) is 0 Å². The van der Waals surface area contributed by atoms with E-state index in [2.05, 4.69) is 26.1 Å². The van der Waals surface area contributed by atoms with Crippen molar-refractivity contribution in [2.75, 3.05) is 36.6 Å². The molecule has 0 aliphatic carbocycles. The van der Waals surface area contributed by atoms with Gasteiger partial charge in [-0.1, -0.05) is 44.5 Å².